The second-order valence-electron chi connectivity index (χ2n) is 32.1. The minimum Gasteiger partial charge on any atom is -0.462 e. The topological polar surface area (TPSA) is 237 Å². The Morgan fingerprint density at radius 3 is 0.724 bits per heavy atom. The first kappa shape index (κ1) is 103. The third kappa shape index (κ3) is 78.5. The van der Waals surface area contributed by atoms with Gasteiger partial charge in [0.25, 0.3) is 0 Å². The molecule has 0 aliphatic carbocycles. The van der Waals surface area contributed by atoms with E-state index in [9.17, 15) is 43.2 Å². The van der Waals surface area contributed by atoms with E-state index in [0.29, 0.717) is 25.7 Å². The zero-order valence-corrected chi connectivity index (χ0v) is 71.0. The van der Waals surface area contributed by atoms with Crippen LogP contribution in [0.25, 0.3) is 0 Å². The molecular formula is C86H168O17P2. The molecule has 0 spiro atoms. The number of aliphatic hydroxyl groups is 1. The number of hydrogen-bond acceptors (Lipinski definition) is 15. The summed E-state index contributed by atoms with van der Waals surface area (Å²) in [5, 5.41) is 10.7. The molecule has 0 bridgehead atoms. The normalized spacial score (nSPS) is 14.1. The number of rotatable bonds is 84. The highest BCUT2D eigenvalue weighted by Gasteiger charge is 2.30. The third-order valence-corrected chi connectivity index (χ3v) is 22.4. The highest BCUT2D eigenvalue weighted by Crippen LogP contribution is 2.45. The average molecular weight is 1540 g/mol. The Morgan fingerprint density at radius 2 is 0.486 bits per heavy atom. The Labute approximate surface area is 645 Å². The lowest BCUT2D eigenvalue weighted by atomic mass is 10.00. The lowest BCUT2D eigenvalue weighted by molar-refractivity contribution is -0.161. The highest BCUT2D eigenvalue weighted by molar-refractivity contribution is 7.47. The van der Waals surface area contributed by atoms with Gasteiger partial charge in [-0.3, -0.25) is 37.3 Å². The van der Waals surface area contributed by atoms with Crippen LogP contribution in [0.5, 0.6) is 0 Å². The van der Waals surface area contributed by atoms with Crippen LogP contribution in [0.1, 0.15) is 453 Å². The Kier molecular flexibility index (Phi) is 74.7. The number of aliphatic hydroxyl groups excluding tert-OH is 1. The molecule has 3 N–H and O–H groups in total. The van der Waals surface area contributed by atoms with E-state index in [1.165, 1.54) is 257 Å². The van der Waals surface area contributed by atoms with Crippen LogP contribution in [-0.4, -0.2) is 96.7 Å². The molecule has 624 valence electrons. The van der Waals surface area contributed by atoms with Gasteiger partial charge in [-0.15, -0.1) is 0 Å². The van der Waals surface area contributed by atoms with E-state index in [2.05, 4.69) is 48.5 Å². The highest BCUT2D eigenvalue weighted by atomic mass is 31.2. The Morgan fingerprint density at radius 1 is 0.276 bits per heavy atom. The van der Waals surface area contributed by atoms with Crippen LogP contribution in [0, 0.1) is 17.8 Å². The molecular weight excluding hydrogens is 1370 g/mol. The summed E-state index contributed by atoms with van der Waals surface area (Å²) in [5.41, 5.74) is 0. The van der Waals surface area contributed by atoms with E-state index in [1.54, 1.807) is 0 Å². The van der Waals surface area contributed by atoms with Gasteiger partial charge in [0.2, 0.25) is 0 Å². The van der Waals surface area contributed by atoms with Crippen molar-refractivity contribution in [2.75, 3.05) is 39.6 Å². The van der Waals surface area contributed by atoms with Crippen LogP contribution in [0.3, 0.4) is 0 Å². The Hall–Kier alpha value is -1.94. The Balaban J connectivity index is 5.24. The van der Waals surface area contributed by atoms with E-state index in [-0.39, 0.29) is 25.7 Å². The number of unbranched alkanes of at least 4 members (excludes halogenated alkanes) is 51. The average Bonchev–Trinajstić information content (AvgIpc) is 0.910. The second-order valence-corrected chi connectivity index (χ2v) is 35.0. The molecule has 6 atom stereocenters. The maximum atomic E-state index is 13.1. The van der Waals surface area contributed by atoms with E-state index >= 15 is 0 Å². The van der Waals surface area contributed by atoms with Gasteiger partial charge in [0.05, 0.1) is 26.4 Å². The third-order valence-electron chi connectivity index (χ3n) is 20.5. The summed E-state index contributed by atoms with van der Waals surface area (Å²) in [6.45, 7) is 12.0. The fraction of sp³-hybridized carbons (Fsp3) is 0.953. The van der Waals surface area contributed by atoms with Gasteiger partial charge in [-0.1, -0.05) is 402 Å². The quantitative estimate of drug-likeness (QED) is 0.0222. The van der Waals surface area contributed by atoms with Crippen molar-refractivity contribution < 1.29 is 80.2 Å². The number of carbonyl (C=O) groups is 4. The summed E-state index contributed by atoms with van der Waals surface area (Å²) >= 11 is 0. The van der Waals surface area contributed by atoms with Crippen molar-refractivity contribution in [3.63, 3.8) is 0 Å². The monoisotopic (exact) mass is 1540 g/mol. The van der Waals surface area contributed by atoms with E-state index in [4.69, 9.17) is 37.0 Å². The van der Waals surface area contributed by atoms with Crippen molar-refractivity contribution >= 4 is 39.5 Å². The van der Waals surface area contributed by atoms with Gasteiger partial charge in [-0.05, 0) is 43.4 Å². The summed E-state index contributed by atoms with van der Waals surface area (Å²) < 4.78 is 68.9. The smallest absolute Gasteiger partial charge is 0.462 e. The second kappa shape index (κ2) is 76.1. The minimum absolute atomic E-state index is 0.108. The molecule has 0 aromatic carbocycles. The summed E-state index contributed by atoms with van der Waals surface area (Å²) in [4.78, 5) is 73.2. The van der Waals surface area contributed by atoms with Crippen LogP contribution in [-0.2, 0) is 65.4 Å². The number of ether oxygens (including phenoxy) is 4. The molecule has 0 saturated heterocycles. The molecule has 0 heterocycles. The van der Waals surface area contributed by atoms with Gasteiger partial charge < -0.3 is 33.8 Å². The van der Waals surface area contributed by atoms with Crippen LogP contribution in [0.4, 0.5) is 0 Å². The van der Waals surface area contributed by atoms with Crippen molar-refractivity contribution in [3.8, 4) is 0 Å². The van der Waals surface area contributed by atoms with Crippen molar-refractivity contribution in [1.82, 2.24) is 0 Å². The molecule has 0 rings (SSSR count). The van der Waals surface area contributed by atoms with Crippen molar-refractivity contribution in [2.45, 2.75) is 471 Å². The van der Waals surface area contributed by atoms with Crippen molar-refractivity contribution in [1.29, 1.82) is 0 Å². The number of carbonyl (C=O) groups excluding carboxylic acids is 4. The van der Waals surface area contributed by atoms with Crippen LogP contribution >= 0.6 is 15.6 Å². The predicted molar refractivity (Wildman–Crippen MR) is 432 cm³/mol. The number of phosphoric acid groups is 2. The van der Waals surface area contributed by atoms with Gasteiger partial charge in [0, 0.05) is 25.7 Å². The fourth-order valence-electron chi connectivity index (χ4n) is 13.3. The summed E-state index contributed by atoms with van der Waals surface area (Å²) in [6, 6.07) is 0. The van der Waals surface area contributed by atoms with Gasteiger partial charge in [-0.2, -0.15) is 0 Å². The molecule has 105 heavy (non-hydrogen) atoms. The van der Waals surface area contributed by atoms with Crippen molar-refractivity contribution in [2.24, 2.45) is 17.8 Å². The number of esters is 4. The maximum Gasteiger partial charge on any atom is 0.472 e. The van der Waals surface area contributed by atoms with Gasteiger partial charge >= 0.3 is 39.5 Å². The van der Waals surface area contributed by atoms with Crippen LogP contribution in [0.15, 0.2) is 0 Å². The molecule has 19 heteroatoms. The van der Waals surface area contributed by atoms with E-state index in [0.717, 1.165) is 114 Å². The SMILES string of the molecule is CCCCCCCCCCCCCCCCCCCC(=O)O[C@H](COC(=O)CCCCCCCCC(C)CC)COP(=O)(O)OC[C@H](O)COP(=O)(O)OC[C@@H](COC(=O)CCCCCCCCCCCCCCCCCCC(C)C)OC(=O)CCCCCCCCCCCCCCCCCCC(C)C. The molecule has 3 unspecified atom stereocenters. The van der Waals surface area contributed by atoms with Crippen LogP contribution in [0.2, 0.25) is 0 Å². The lowest BCUT2D eigenvalue weighted by Gasteiger charge is -2.21. The molecule has 0 aliphatic rings. The minimum atomic E-state index is -4.97. The molecule has 0 aromatic heterocycles. The molecule has 0 saturated carbocycles. The van der Waals surface area contributed by atoms with E-state index in [1.807, 2.05) is 0 Å². The zero-order valence-electron chi connectivity index (χ0n) is 69.2. The van der Waals surface area contributed by atoms with E-state index < -0.39 is 97.5 Å². The molecule has 0 aliphatic heterocycles. The predicted octanol–water partition coefficient (Wildman–Crippen LogP) is 26.1. The first-order valence-electron chi connectivity index (χ1n) is 44.4. The zero-order chi connectivity index (χ0) is 77.2. The molecule has 0 aromatic rings. The standard InChI is InChI=1S/C86H168O17P2/c1-8-10-11-12-13-14-15-16-17-18-26-31-36-41-46-55-63-70-86(91)103-82(74-97-84(89)68-61-54-49-48-52-59-66-79(7)9-2)76-101-105(94,95)99-72-80(87)71-98-104(92,93)100-75-81(102-85(90)69-62-56-47-42-37-32-27-22-20-24-29-34-39-44-51-58-65-78(5)6)73-96-83(88)67-60-53-45-40-35-30-25-21-19-23-28-33-38-43-50-57-64-77(3)4/h77-82,87H,8-76H2,1-7H3,(H,92,93)(H,94,95)/t79?,80-,81-,82-/m1/s1. The molecule has 17 nitrogen and oxygen atoms in total. The molecule has 0 radical (unpaired) electrons. The summed E-state index contributed by atoms with van der Waals surface area (Å²) in [7, 11) is -9.93. The maximum absolute atomic E-state index is 13.1. The number of phosphoric ester groups is 2. The van der Waals surface area contributed by atoms with Crippen molar-refractivity contribution in [3.05, 3.63) is 0 Å². The van der Waals surface area contributed by atoms with Crippen LogP contribution < -0.4 is 0 Å². The summed E-state index contributed by atoms with van der Waals surface area (Å²) in [6.07, 6.45) is 66.7. The number of hydrogen-bond donors (Lipinski definition) is 3. The lowest BCUT2D eigenvalue weighted by Crippen LogP contribution is -2.30. The summed E-state index contributed by atoms with van der Waals surface area (Å²) in [5.74, 6) is 0.248. The van der Waals surface area contributed by atoms with Gasteiger partial charge in [-0.25, -0.2) is 9.13 Å². The van der Waals surface area contributed by atoms with Gasteiger partial charge in [0.15, 0.2) is 12.2 Å². The largest absolute Gasteiger partial charge is 0.472 e. The fourth-order valence-corrected chi connectivity index (χ4v) is 14.9. The molecule has 0 amide bonds. The van der Waals surface area contributed by atoms with Gasteiger partial charge in [0.1, 0.15) is 19.3 Å². The molecule has 0 fully saturated rings. The first-order valence-corrected chi connectivity index (χ1v) is 47.4. The Bertz CT molecular complexity index is 2030. The first-order chi connectivity index (χ1) is 50.8.